The van der Waals surface area contributed by atoms with Gasteiger partial charge in [0.05, 0.1) is 12.1 Å². The number of nitrogens with two attached hydrogens (primary N) is 1. The summed E-state index contributed by atoms with van der Waals surface area (Å²) in [5.41, 5.74) is 9.45. The van der Waals surface area contributed by atoms with Crippen LogP contribution in [0.15, 0.2) is 61.1 Å². The van der Waals surface area contributed by atoms with Crippen LogP contribution in [0.4, 0.5) is 11.5 Å². The van der Waals surface area contributed by atoms with Gasteiger partial charge in [0.2, 0.25) is 0 Å². The Balaban J connectivity index is 1.50. The van der Waals surface area contributed by atoms with E-state index < -0.39 is 0 Å². The van der Waals surface area contributed by atoms with Gasteiger partial charge >= 0.3 is 0 Å². The van der Waals surface area contributed by atoms with Crippen molar-refractivity contribution in [3.8, 4) is 17.2 Å². The van der Waals surface area contributed by atoms with Crippen LogP contribution in [0.25, 0.3) is 11.0 Å². The van der Waals surface area contributed by atoms with Gasteiger partial charge in [0.1, 0.15) is 35.7 Å². The molecule has 2 aromatic heterocycles. The lowest BCUT2D eigenvalue weighted by molar-refractivity contribution is 0.146. The molecule has 0 saturated carbocycles. The molecule has 4 aromatic rings. The fourth-order valence-corrected chi connectivity index (χ4v) is 3.43. The van der Waals surface area contributed by atoms with Gasteiger partial charge in [0.25, 0.3) is 0 Å². The predicted molar refractivity (Wildman–Crippen MR) is 125 cm³/mol. The zero-order valence-electron chi connectivity index (χ0n) is 18.2. The van der Waals surface area contributed by atoms with Crippen LogP contribution in [0.1, 0.15) is 5.56 Å². The molecule has 4 rings (SSSR count). The van der Waals surface area contributed by atoms with Crippen molar-refractivity contribution in [3.05, 3.63) is 66.6 Å². The van der Waals surface area contributed by atoms with Gasteiger partial charge in [-0.2, -0.15) is 0 Å². The number of ether oxygens (including phenoxy) is 3. The monoisotopic (exact) mass is 433 g/mol. The Labute approximate surface area is 187 Å². The van der Waals surface area contributed by atoms with Crippen LogP contribution in [0.3, 0.4) is 0 Å². The molecule has 0 radical (unpaired) electrons. The molecule has 0 bridgehead atoms. The number of rotatable bonds is 10. The van der Waals surface area contributed by atoms with E-state index in [-0.39, 0.29) is 0 Å². The van der Waals surface area contributed by atoms with Crippen molar-refractivity contribution in [2.45, 2.75) is 13.5 Å². The third kappa shape index (κ3) is 4.99. The van der Waals surface area contributed by atoms with Crippen LogP contribution in [-0.2, 0) is 11.3 Å². The fraction of sp³-hybridized carbons (Fsp3) is 0.250. The highest BCUT2D eigenvalue weighted by atomic mass is 16.5. The second-order valence-corrected chi connectivity index (χ2v) is 7.28. The first-order chi connectivity index (χ1) is 15.7. The second-order valence-electron chi connectivity index (χ2n) is 7.28. The highest BCUT2D eigenvalue weighted by Gasteiger charge is 2.11. The van der Waals surface area contributed by atoms with E-state index in [2.05, 4.69) is 19.9 Å². The summed E-state index contributed by atoms with van der Waals surface area (Å²) < 4.78 is 18.8. The first-order valence-corrected chi connectivity index (χ1v) is 10.4. The molecule has 0 atom stereocenters. The Morgan fingerprint density at radius 2 is 1.91 bits per heavy atom. The summed E-state index contributed by atoms with van der Waals surface area (Å²) in [6, 6.07) is 15.5. The van der Waals surface area contributed by atoms with Crippen LogP contribution in [0.2, 0.25) is 0 Å². The molecule has 0 spiro atoms. The van der Waals surface area contributed by atoms with Gasteiger partial charge in [-0.15, -0.1) is 0 Å². The number of hydrogen-bond acceptors (Lipinski definition) is 7. The lowest BCUT2D eigenvalue weighted by atomic mass is 10.2. The molecule has 0 unspecified atom stereocenters. The maximum Gasteiger partial charge on any atom is 0.158 e. The second kappa shape index (κ2) is 10.1. The maximum absolute atomic E-state index is 6.09. The molecule has 0 aliphatic carbocycles. The number of anilines is 2. The SMILES string of the molecule is COCCOc1cccc(Oc2ccc(Nc3ncnc4ccn(CCN)c34)cc2C)c1. The molecule has 0 aliphatic heterocycles. The van der Waals surface area contributed by atoms with E-state index in [9.17, 15) is 0 Å². The minimum absolute atomic E-state index is 0.490. The van der Waals surface area contributed by atoms with Crippen molar-refractivity contribution in [2.75, 3.05) is 32.2 Å². The summed E-state index contributed by atoms with van der Waals surface area (Å²) in [4.78, 5) is 8.78. The molecule has 0 fully saturated rings. The van der Waals surface area contributed by atoms with E-state index in [1.54, 1.807) is 13.4 Å². The minimum Gasteiger partial charge on any atom is -0.491 e. The molecule has 2 heterocycles. The van der Waals surface area contributed by atoms with Gasteiger partial charge < -0.3 is 29.8 Å². The number of aryl methyl sites for hydroxylation is 1. The molecule has 8 heteroatoms. The van der Waals surface area contributed by atoms with Crippen LogP contribution >= 0.6 is 0 Å². The summed E-state index contributed by atoms with van der Waals surface area (Å²) >= 11 is 0. The third-order valence-corrected chi connectivity index (χ3v) is 4.95. The van der Waals surface area contributed by atoms with Gasteiger partial charge in [-0.1, -0.05) is 6.07 Å². The normalized spacial score (nSPS) is 11.0. The van der Waals surface area contributed by atoms with E-state index in [1.807, 2.05) is 61.7 Å². The van der Waals surface area contributed by atoms with Crippen LogP contribution in [-0.4, -0.2) is 41.4 Å². The predicted octanol–water partition coefficient (Wildman–Crippen LogP) is 4.26. The average Bonchev–Trinajstić information content (AvgIpc) is 3.20. The van der Waals surface area contributed by atoms with Crippen LogP contribution in [0.5, 0.6) is 17.2 Å². The van der Waals surface area contributed by atoms with E-state index in [4.69, 9.17) is 19.9 Å². The molecular formula is C24H27N5O3. The van der Waals surface area contributed by atoms with Crippen molar-refractivity contribution in [1.82, 2.24) is 14.5 Å². The zero-order chi connectivity index (χ0) is 22.3. The lowest BCUT2D eigenvalue weighted by Crippen LogP contribution is -2.10. The number of methoxy groups -OCH3 is 1. The van der Waals surface area contributed by atoms with E-state index >= 15 is 0 Å². The van der Waals surface area contributed by atoms with Crippen molar-refractivity contribution in [2.24, 2.45) is 5.73 Å². The summed E-state index contributed by atoms with van der Waals surface area (Å²) in [5.74, 6) is 2.95. The van der Waals surface area contributed by atoms with E-state index in [0.29, 0.717) is 32.1 Å². The molecule has 166 valence electrons. The van der Waals surface area contributed by atoms with Crippen molar-refractivity contribution in [3.63, 3.8) is 0 Å². The number of nitrogens with one attached hydrogen (secondary N) is 1. The van der Waals surface area contributed by atoms with E-state index in [0.717, 1.165) is 39.6 Å². The van der Waals surface area contributed by atoms with Gasteiger partial charge in [-0.25, -0.2) is 9.97 Å². The number of aromatic nitrogens is 3. The molecular weight excluding hydrogens is 406 g/mol. The number of benzene rings is 2. The Bertz CT molecular complexity index is 1190. The lowest BCUT2D eigenvalue weighted by Gasteiger charge is -2.13. The first kappa shape index (κ1) is 21.6. The number of fused-ring (bicyclic) bond motifs is 1. The topological polar surface area (TPSA) is 96.5 Å². The zero-order valence-corrected chi connectivity index (χ0v) is 18.2. The first-order valence-electron chi connectivity index (χ1n) is 10.4. The van der Waals surface area contributed by atoms with Crippen molar-refractivity contribution in [1.29, 1.82) is 0 Å². The summed E-state index contributed by atoms with van der Waals surface area (Å²) in [7, 11) is 1.65. The molecule has 32 heavy (non-hydrogen) atoms. The molecule has 0 amide bonds. The largest absolute Gasteiger partial charge is 0.491 e. The van der Waals surface area contributed by atoms with Crippen LogP contribution in [0, 0.1) is 6.92 Å². The Hall–Kier alpha value is -3.62. The highest BCUT2D eigenvalue weighted by molar-refractivity contribution is 5.88. The summed E-state index contributed by atoms with van der Waals surface area (Å²) in [5, 5.41) is 3.40. The van der Waals surface area contributed by atoms with Gasteiger partial charge in [0, 0.05) is 38.1 Å². The molecule has 0 aliphatic rings. The molecule has 3 N–H and O–H groups in total. The average molecular weight is 434 g/mol. The molecule has 8 nitrogen and oxygen atoms in total. The maximum atomic E-state index is 6.09. The fourth-order valence-electron chi connectivity index (χ4n) is 3.43. The van der Waals surface area contributed by atoms with Gasteiger partial charge in [-0.3, -0.25) is 0 Å². The number of hydrogen-bond donors (Lipinski definition) is 2. The van der Waals surface area contributed by atoms with Crippen molar-refractivity contribution >= 4 is 22.5 Å². The van der Waals surface area contributed by atoms with Gasteiger partial charge in [0.15, 0.2) is 5.82 Å². The summed E-state index contributed by atoms with van der Waals surface area (Å²) in [6.45, 7) is 4.28. The highest BCUT2D eigenvalue weighted by Crippen LogP contribution is 2.31. The quantitative estimate of drug-likeness (QED) is 0.361. The van der Waals surface area contributed by atoms with Crippen molar-refractivity contribution < 1.29 is 14.2 Å². The standard InChI is InChI=1S/C24H27N5O3/c1-17-14-18(28-24-23-21(26-16-27-24)8-10-29(23)11-9-25)6-7-22(17)32-20-5-3-4-19(15-20)31-13-12-30-2/h3-8,10,14-16H,9,11-13,25H2,1-2H3,(H,26,27,28). The minimum atomic E-state index is 0.490. The van der Waals surface area contributed by atoms with Gasteiger partial charge in [-0.05, 0) is 48.9 Å². The third-order valence-electron chi connectivity index (χ3n) is 4.95. The Kier molecular flexibility index (Phi) is 6.84. The van der Waals surface area contributed by atoms with Crippen LogP contribution < -0.4 is 20.5 Å². The summed E-state index contributed by atoms with van der Waals surface area (Å²) in [6.07, 6.45) is 3.54. The smallest absolute Gasteiger partial charge is 0.158 e. The Morgan fingerprint density at radius 3 is 2.72 bits per heavy atom. The molecule has 0 saturated heterocycles. The Morgan fingerprint density at radius 1 is 1.03 bits per heavy atom. The molecule has 2 aromatic carbocycles. The van der Waals surface area contributed by atoms with E-state index in [1.165, 1.54) is 0 Å². The number of nitrogens with zero attached hydrogens (tertiary/aromatic N) is 3.